The van der Waals surface area contributed by atoms with Crippen molar-refractivity contribution in [1.82, 2.24) is 4.98 Å². The Morgan fingerprint density at radius 1 is 0.953 bits per heavy atom. The van der Waals surface area contributed by atoms with Crippen LogP contribution in [0, 0.1) is 0 Å². The zero-order valence-corrected chi connectivity index (χ0v) is 24.7. The molecule has 222 valence electrons. The van der Waals surface area contributed by atoms with Crippen LogP contribution < -0.4 is 20.4 Å². The number of rotatable bonds is 10. The highest BCUT2D eigenvalue weighted by molar-refractivity contribution is 6.05. The molecule has 8 heteroatoms. The molecule has 0 atom stereocenters. The summed E-state index contributed by atoms with van der Waals surface area (Å²) in [4.78, 5) is 32.7. The number of aromatic nitrogens is 1. The smallest absolute Gasteiger partial charge is 0.272 e. The van der Waals surface area contributed by atoms with Crippen LogP contribution in [0.4, 0.5) is 28.4 Å². The molecule has 2 amide bonds. The summed E-state index contributed by atoms with van der Waals surface area (Å²) in [5.41, 5.74) is 6.53. The molecule has 0 bridgehead atoms. The lowest BCUT2D eigenvalue weighted by Crippen LogP contribution is -2.35. The number of allylic oxidation sites excluding steroid dienone is 1. The number of H-pyrrole nitrogens is 1. The van der Waals surface area contributed by atoms with Crippen molar-refractivity contribution < 1.29 is 14.7 Å². The van der Waals surface area contributed by atoms with Crippen LogP contribution in [-0.4, -0.2) is 48.1 Å². The summed E-state index contributed by atoms with van der Waals surface area (Å²) in [6.45, 7) is 3.78. The number of hydrogen-bond donors (Lipinski definition) is 4. The molecule has 0 unspecified atom stereocenters. The van der Waals surface area contributed by atoms with Gasteiger partial charge in [-0.3, -0.25) is 9.59 Å². The van der Waals surface area contributed by atoms with E-state index in [-0.39, 0.29) is 17.9 Å². The van der Waals surface area contributed by atoms with Crippen molar-refractivity contribution in [2.45, 2.75) is 38.7 Å². The second-order valence-corrected chi connectivity index (χ2v) is 10.8. The summed E-state index contributed by atoms with van der Waals surface area (Å²) in [5, 5.41) is 15.7. The third-order valence-corrected chi connectivity index (χ3v) is 7.71. The van der Waals surface area contributed by atoms with E-state index in [1.807, 2.05) is 73.8 Å². The van der Waals surface area contributed by atoms with Crippen LogP contribution in [0.1, 0.15) is 59.0 Å². The number of benzene rings is 3. The summed E-state index contributed by atoms with van der Waals surface area (Å²) in [7, 11) is 2.00. The maximum Gasteiger partial charge on any atom is 0.272 e. The Labute approximate surface area is 253 Å². The van der Waals surface area contributed by atoms with Gasteiger partial charge in [0.15, 0.2) is 0 Å². The van der Waals surface area contributed by atoms with Crippen molar-refractivity contribution in [3.05, 3.63) is 108 Å². The Morgan fingerprint density at radius 3 is 2.33 bits per heavy atom. The van der Waals surface area contributed by atoms with Crippen LogP contribution in [-0.2, 0) is 0 Å². The van der Waals surface area contributed by atoms with Crippen LogP contribution in [0.3, 0.4) is 0 Å². The number of hydrogen-bond acceptors (Lipinski definition) is 5. The summed E-state index contributed by atoms with van der Waals surface area (Å²) < 4.78 is 0. The van der Waals surface area contributed by atoms with Crippen molar-refractivity contribution in [2.75, 3.05) is 40.6 Å². The molecule has 43 heavy (non-hydrogen) atoms. The minimum absolute atomic E-state index is 0.165. The SMILES string of the molecule is CCC/C=C/c1cc(NC(=O)c2ccc(N3CCC(O)CC3)cc2)ccc1N(C)c1ccc(NC(=O)c2ccc[nH]2)cc1. The number of piperidine rings is 1. The number of anilines is 5. The van der Waals surface area contributed by atoms with E-state index >= 15 is 0 Å². The number of amides is 2. The lowest BCUT2D eigenvalue weighted by atomic mass is 10.1. The highest BCUT2D eigenvalue weighted by Gasteiger charge is 2.18. The Hall–Kier alpha value is -4.82. The Kier molecular flexibility index (Phi) is 9.59. The lowest BCUT2D eigenvalue weighted by molar-refractivity contribution is 0.101. The van der Waals surface area contributed by atoms with Crippen LogP contribution >= 0.6 is 0 Å². The molecule has 5 rings (SSSR count). The molecular weight excluding hydrogens is 538 g/mol. The van der Waals surface area contributed by atoms with Crippen molar-refractivity contribution in [1.29, 1.82) is 0 Å². The second kappa shape index (κ2) is 13.9. The van der Waals surface area contributed by atoms with Gasteiger partial charge in [-0.05, 0) is 104 Å². The first-order valence-electron chi connectivity index (χ1n) is 14.8. The molecule has 4 N–H and O–H groups in total. The third kappa shape index (κ3) is 7.53. The molecule has 1 aromatic heterocycles. The maximum absolute atomic E-state index is 13.1. The summed E-state index contributed by atoms with van der Waals surface area (Å²) in [5.74, 6) is -0.354. The number of unbranched alkanes of at least 4 members (excludes halogenated alkanes) is 1. The fourth-order valence-electron chi connectivity index (χ4n) is 5.18. The maximum atomic E-state index is 13.1. The van der Waals surface area contributed by atoms with E-state index in [4.69, 9.17) is 0 Å². The van der Waals surface area contributed by atoms with E-state index in [9.17, 15) is 14.7 Å². The molecule has 0 saturated carbocycles. The van der Waals surface area contributed by atoms with Gasteiger partial charge in [0.1, 0.15) is 5.69 Å². The topological polar surface area (TPSA) is 101 Å². The Bertz CT molecular complexity index is 1540. The molecule has 8 nitrogen and oxygen atoms in total. The molecule has 1 fully saturated rings. The van der Waals surface area contributed by atoms with Gasteiger partial charge in [0.05, 0.1) is 6.10 Å². The molecule has 0 aliphatic carbocycles. The highest BCUT2D eigenvalue weighted by atomic mass is 16.3. The zero-order valence-electron chi connectivity index (χ0n) is 24.7. The fourth-order valence-corrected chi connectivity index (χ4v) is 5.18. The van der Waals surface area contributed by atoms with Crippen LogP contribution in [0.25, 0.3) is 6.08 Å². The minimum Gasteiger partial charge on any atom is -0.393 e. The summed E-state index contributed by atoms with van der Waals surface area (Å²) >= 11 is 0. The first kappa shape index (κ1) is 29.7. The highest BCUT2D eigenvalue weighted by Crippen LogP contribution is 2.31. The van der Waals surface area contributed by atoms with Crippen LogP contribution in [0.15, 0.2) is 91.1 Å². The lowest BCUT2D eigenvalue weighted by Gasteiger charge is -2.31. The average Bonchev–Trinajstić information content (AvgIpc) is 3.58. The molecule has 2 heterocycles. The van der Waals surface area contributed by atoms with E-state index in [0.717, 1.165) is 67.1 Å². The van der Waals surface area contributed by atoms with Crippen molar-refractivity contribution in [3.63, 3.8) is 0 Å². The van der Waals surface area contributed by atoms with Gasteiger partial charge in [-0.25, -0.2) is 0 Å². The number of carbonyl (C=O) groups is 2. The zero-order chi connectivity index (χ0) is 30.2. The number of carbonyl (C=O) groups excluding carboxylic acids is 2. The number of aliphatic hydroxyl groups excluding tert-OH is 1. The summed E-state index contributed by atoms with van der Waals surface area (Å²) in [6, 6.07) is 24.8. The first-order valence-corrected chi connectivity index (χ1v) is 14.8. The van der Waals surface area contributed by atoms with E-state index in [2.05, 4.69) is 44.5 Å². The van der Waals surface area contributed by atoms with Crippen molar-refractivity contribution in [3.8, 4) is 0 Å². The van der Waals surface area contributed by atoms with Crippen molar-refractivity contribution >= 4 is 46.3 Å². The Balaban J connectivity index is 1.29. The number of nitrogens with zero attached hydrogens (tertiary/aromatic N) is 2. The van der Waals surface area contributed by atoms with Gasteiger partial charge in [-0.1, -0.05) is 25.5 Å². The second-order valence-electron chi connectivity index (χ2n) is 10.8. The number of nitrogens with one attached hydrogen (secondary N) is 3. The molecule has 3 aromatic carbocycles. The molecule has 4 aromatic rings. The molecule has 1 saturated heterocycles. The van der Waals surface area contributed by atoms with Gasteiger partial charge in [0, 0.05) is 60.3 Å². The fraction of sp³-hybridized carbons (Fsp3) is 0.257. The predicted octanol–water partition coefficient (Wildman–Crippen LogP) is 7.06. The number of aromatic amines is 1. The quantitative estimate of drug-likeness (QED) is 0.162. The van der Waals surface area contributed by atoms with Crippen molar-refractivity contribution in [2.24, 2.45) is 0 Å². The monoisotopic (exact) mass is 577 g/mol. The van der Waals surface area contributed by atoms with E-state index in [0.29, 0.717) is 16.9 Å². The predicted molar refractivity (Wildman–Crippen MR) is 175 cm³/mol. The molecule has 0 spiro atoms. The molecular formula is C35H39N5O3. The molecule has 0 radical (unpaired) electrons. The molecule has 1 aliphatic heterocycles. The van der Waals surface area contributed by atoms with E-state index in [1.165, 1.54) is 0 Å². The van der Waals surface area contributed by atoms with Gasteiger partial charge < -0.3 is 30.5 Å². The van der Waals surface area contributed by atoms with Crippen LogP contribution in [0.2, 0.25) is 0 Å². The first-order chi connectivity index (χ1) is 20.9. The largest absolute Gasteiger partial charge is 0.393 e. The van der Waals surface area contributed by atoms with Gasteiger partial charge in [0.25, 0.3) is 11.8 Å². The number of aliphatic hydroxyl groups is 1. The minimum atomic E-state index is -0.218. The van der Waals surface area contributed by atoms with E-state index < -0.39 is 0 Å². The van der Waals surface area contributed by atoms with E-state index in [1.54, 1.807) is 18.3 Å². The van der Waals surface area contributed by atoms with Gasteiger partial charge in [-0.2, -0.15) is 0 Å². The van der Waals surface area contributed by atoms with Gasteiger partial charge in [-0.15, -0.1) is 0 Å². The molecule has 1 aliphatic rings. The van der Waals surface area contributed by atoms with Crippen LogP contribution in [0.5, 0.6) is 0 Å². The third-order valence-electron chi connectivity index (χ3n) is 7.71. The average molecular weight is 578 g/mol. The van der Waals surface area contributed by atoms with Gasteiger partial charge in [0.2, 0.25) is 0 Å². The standard InChI is InChI=1S/C35H39N5O3/c1-3-4-5-7-26-24-28(38-34(42)25-9-14-30(15-10-25)40-22-19-31(41)20-23-40)13-18-33(26)39(2)29-16-11-27(12-17-29)37-35(43)32-8-6-21-36-32/h5-18,21,24,31,36,41H,3-4,19-20,22-23H2,1-2H3,(H,37,43)(H,38,42)/b7-5+. The summed E-state index contributed by atoms with van der Waals surface area (Å²) in [6.07, 6.45) is 9.28. The Morgan fingerprint density at radius 2 is 1.65 bits per heavy atom. The van der Waals surface area contributed by atoms with Gasteiger partial charge >= 0.3 is 0 Å². The normalized spacial score (nSPS) is 13.7.